The van der Waals surface area contributed by atoms with E-state index in [1.165, 1.54) is 0 Å². The summed E-state index contributed by atoms with van der Waals surface area (Å²) in [6.07, 6.45) is 4.50. The van der Waals surface area contributed by atoms with Crippen LogP contribution in [0.4, 0.5) is 0 Å². The van der Waals surface area contributed by atoms with E-state index in [1.54, 1.807) is 13.2 Å². The number of fused-ring (bicyclic) bond motifs is 1. The Morgan fingerprint density at radius 3 is 2.80 bits per heavy atom. The smallest absolute Gasteiger partial charge is 0.228 e. The lowest BCUT2D eigenvalue weighted by atomic mass is 9.81. The third-order valence-corrected chi connectivity index (χ3v) is 5.53. The number of methoxy groups -OCH3 is 1. The molecule has 1 unspecified atom stereocenters. The second-order valence-electron chi connectivity index (χ2n) is 7.09. The molecule has 25 heavy (non-hydrogen) atoms. The predicted octanol–water partition coefficient (Wildman–Crippen LogP) is 3.63. The van der Waals surface area contributed by atoms with Gasteiger partial charge in [0, 0.05) is 0 Å². The lowest BCUT2D eigenvalue weighted by molar-refractivity contribution is -0.124. The standard InChI is InChI=1S/C21H23NO3/c1-25-15-6-2-5-14(13-15)21(11-12-21)22-20(24)18-9-3-8-17-16(18)7-4-10-19(17)23/h2,4-7,10,13,18,23H,3,8-9,11-12H2,1H3,(H,22,24). The van der Waals surface area contributed by atoms with Crippen LogP contribution < -0.4 is 10.1 Å². The summed E-state index contributed by atoms with van der Waals surface area (Å²) in [6.45, 7) is 0. The van der Waals surface area contributed by atoms with Gasteiger partial charge < -0.3 is 15.2 Å². The molecule has 0 aliphatic heterocycles. The van der Waals surface area contributed by atoms with Gasteiger partial charge in [-0.15, -0.1) is 0 Å². The Bertz CT molecular complexity index is 811. The van der Waals surface area contributed by atoms with Crippen molar-refractivity contribution in [3.63, 3.8) is 0 Å². The molecule has 1 saturated carbocycles. The number of ether oxygens (including phenoxy) is 1. The van der Waals surface area contributed by atoms with Crippen LogP contribution in [-0.4, -0.2) is 18.1 Å². The molecule has 2 aliphatic carbocycles. The van der Waals surface area contributed by atoms with Crippen LogP contribution >= 0.6 is 0 Å². The van der Waals surface area contributed by atoms with E-state index in [1.807, 2.05) is 30.3 Å². The summed E-state index contributed by atoms with van der Waals surface area (Å²) in [4.78, 5) is 13.0. The molecule has 1 atom stereocenters. The van der Waals surface area contributed by atoms with E-state index in [0.717, 1.165) is 54.5 Å². The van der Waals surface area contributed by atoms with E-state index in [2.05, 4.69) is 11.4 Å². The molecule has 0 spiro atoms. The van der Waals surface area contributed by atoms with Crippen molar-refractivity contribution in [1.82, 2.24) is 5.32 Å². The van der Waals surface area contributed by atoms with Gasteiger partial charge in [0.2, 0.25) is 5.91 Å². The molecule has 4 nitrogen and oxygen atoms in total. The first kappa shape index (κ1) is 16.0. The Labute approximate surface area is 147 Å². The van der Waals surface area contributed by atoms with Gasteiger partial charge in [-0.1, -0.05) is 24.3 Å². The van der Waals surface area contributed by atoms with Crippen molar-refractivity contribution in [1.29, 1.82) is 0 Å². The summed E-state index contributed by atoms with van der Waals surface area (Å²) in [5, 5.41) is 13.4. The fourth-order valence-corrected chi connectivity index (χ4v) is 3.96. The summed E-state index contributed by atoms with van der Waals surface area (Å²) in [7, 11) is 1.66. The molecule has 2 N–H and O–H groups in total. The third-order valence-electron chi connectivity index (χ3n) is 5.53. The van der Waals surface area contributed by atoms with Crippen LogP contribution in [0.25, 0.3) is 0 Å². The van der Waals surface area contributed by atoms with Gasteiger partial charge in [-0.05, 0) is 67.0 Å². The highest BCUT2D eigenvalue weighted by atomic mass is 16.5. The van der Waals surface area contributed by atoms with Crippen molar-refractivity contribution in [2.75, 3.05) is 7.11 Å². The van der Waals surface area contributed by atoms with Crippen LogP contribution in [-0.2, 0) is 16.8 Å². The van der Waals surface area contributed by atoms with E-state index in [0.29, 0.717) is 5.75 Å². The molecule has 2 aliphatic rings. The van der Waals surface area contributed by atoms with Crippen LogP contribution in [0.15, 0.2) is 42.5 Å². The number of phenols is 1. The van der Waals surface area contributed by atoms with Gasteiger partial charge in [0.15, 0.2) is 0 Å². The number of phenolic OH excluding ortho intramolecular Hbond substituents is 1. The number of benzene rings is 2. The van der Waals surface area contributed by atoms with Crippen molar-refractivity contribution in [2.45, 2.75) is 43.6 Å². The molecule has 0 aromatic heterocycles. The first-order chi connectivity index (χ1) is 12.1. The zero-order valence-electron chi connectivity index (χ0n) is 14.4. The minimum Gasteiger partial charge on any atom is -0.508 e. The molecular weight excluding hydrogens is 314 g/mol. The molecule has 130 valence electrons. The highest BCUT2D eigenvalue weighted by molar-refractivity contribution is 5.86. The Balaban J connectivity index is 1.58. The minimum absolute atomic E-state index is 0.0619. The predicted molar refractivity (Wildman–Crippen MR) is 95.8 cm³/mol. The fourth-order valence-electron chi connectivity index (χ4n) is 3.96. The Morgan fingerprint density at radius 2 is 2.04 bits per heavy atom. The van der Waals surface area contributed by atoms with E-state index < -0.39 is 0 Å². The van der Waals surface area contributed by atoms with Crippen LogP contribution in [0.1, 0.15) is 48.3 Å². The van der Waals surface area contributed by atoms with Gasteiger partial charge in [-0.25, -0.2) is 0 Å². The molecule has 0 heterocycles. The van der Waals surface area contributed by atoms with Crippen molar-refractivity contribution in [3.8, 4) is 11.5 Å². The molecule has 1 fully saturated rings. The van der Waals surface area contributed by atoms with Crippen molar-refractivity contribution < 1.29 is 14.6 Å². The average molecular weight is 337 g/mol. The third kappa shape index (κ3) is 2.86. The number of hydrogen-bond acceptors (Lipinski definition) is 3. The maximum atomic E-state index is 13.0. The molecule has 2 aromatic rings. The summed E-state index contributed by atoms with van der Waals surface area (Å²) < 4.78 is 5.32. The minimum atomic E-state index is -0.264. The first-order valence-corrected chi connectivity index (χ1v) is 8.90. The SMILES string of the molecule is COc1cccc(C2(NC(=O)C3CCCc4c(O)cccc43)CC2)c1. The molecule has 1 amide bonds. The first-order valence-electron chi connectivity index (χ1n) is 8.90. The molecule has 4 heteroatoms. The summed E-state index contributed by atoms with van der Waals surface area (Å²) in [5.41, 5.74) is 2.75. The largest absolute Gasteiger partial charge is 0.508 e. The summed E-state index contributed by atoms with van der Waals surface area (Å²) in [6, 6.07) is 13.5. The van der Waals surface area contributed by atoms with E-state index in [9.17, 15) is 9.90 Å². The highest BCUT2D eigenvalue weighted by Gasteiger charge is 2.47. The van der Waals surface area contributed by atoms with Crippen LogP contribution in [0.5, 0.6) is 11.5 Å². The maximum Gasteiger partial charge on any atom is 0.228 e. The van der Waals surface area contributed by atoms with Gasteiger partial charge in [0.1, 0.15) is 11.5 Å². The zero-order chi connectivity index (χ0) is 17.4. The van der Waals surface area contributed by atoms with E-state index in [-0.39, 0.29) is 17.4 Å². The van der Waals surface area contributed by atoms with Gasteiger partial charge in [-0.2, -0.15) is 0 Å². The van der Waals surface area contributed by atoms with Crippen LogP contribution in [0.2, 0.25) is 0 Å². The number of hydrogen-bond donors (Lipinski definition) is 2. The highest BCUT2D eigenvalue weighted by Crippen LogP contribution is 2.47. The number of nitrogens with one attached hydrogen (secondary N) is 1. The topological polar surface area (TPSA) is 58.6 Å². The second-order valence-corrected chi connectivity index (χ2v) is 7.09. The Morgan fingerprint density at radius 1 is 1.24 bits per heavy atom. The van der Waals surface area contributed by atoms with Crippen molar-refractivity contribution in [3.05, 3.63) is 59.2 Å². The van der Waals surface area contributed by atoms with Crippen LogP contribution in [0, 0.1) is 0 Å². The number of aromatic hydroxyl groups is 1. The monoisotopic (exact) mass is 337 g/mol. The number of carbonyl (C=O) groups excluding carboxylic acids is 1. The molecule has 0 radical (unpaired) electrons. The zero-order valence-corrected chi connectivity index (χ0v) is 14.4. The fraction of sp³-hybridized carbons (Fsp3) is 0.381. The van der Waals surface area contributed by atoms with E-state index in [4.69, 9.17) is 4.74 Å². The van der Waals surface area contributed by atoms with Crippen LogP contribution in [0.3, 0.4) is 0 Å². The lowest BCUT2D eigenvalue weighted by Gasteiger charge is -2.28. The second kappa shape index (κ2) is 6.10. The molecule has 0 bridgehead atoms. The average Bonchev–Trinajstić information content (AvgIpc) is 3.42. The van der Waals surface area contributed by atoms with Gasteiger partial charge >= 0.3 is 0 Å². The summed E-state index contributed by atoms with van der Waals surface area (Å²) in [5.74, 6) is 1.00. The summed E-state index contributed by atoms with van der Waals surface area (Å²) >= 11 is 0. The number of rotatable bonds is 4. The quantitative estimate of drug-likeness (QED) is 0.896. The number of amides is 1. The number of carbonyl (C=O) groups is 1. The molecular formula is C21H23NO3. The Hall–Kier alpha value is -2.49. The van der Waals surface area contributed by atoms with Gasteiger partial charge in [-0.3, -0.25) is 4.79 Å². The molecule has 4 rings (SSSR count). The Kier molecular flexibility index (Phi) is 3.91. The van der Waals surface area contributed by atoms with Crippen molar-refractivity contribution in [2.24, 2.45) is 0 Å². The molecule has 0 saturated heterocycles. The maximum absolute atomic E-state index is 13.0. The van der Waals surface area contributed by atoms with E-state index >= 15 is 0 Å². The normalized spacial score (nSPS) is 20.4. The lowest BCUT2D eigenvalue weighted by Crippen LogP contribution is -2.39. The van der Waals surface area contributed by atoms with Crippen molar-refractivity contribution >= 4 is 5.91 Å². The van der Waals surface area contributed by atoms with Gasteiger partial charge in [0.05, 0.1) is 18.6 Å². The molecule has 2 aromatic carbocycles. The van der Waals surface area contributed by atoms with Gasteiger partial charge in [0.25, 0.3) is 0 Å².